The molecule has 0 aliphatic rings. The van der Waals surface area contributed by atoms with Crippen LogP contribution in [-0.4, -0.2) is 16.8 Å². The Balaban J connectivity index is 2.68. The second-order valence-corrected chi connectivity index (χ2v) is 4.03. The van der Waals surface area contributed by atoms with E-state index in [2.05, 4.69) is 12.1 Å². The maximum absolute atomic E-state index is 8.46. The van der Waals surface area contributed by atoms with Gasteiger partial charge in [0.05, 0.1) is 0 Å². The van der Waals surface area contributed by atoms with Crippen LogP contribution in [0.1, 0.15) is 18.9 Å². The Labute approximate surface area is 88.0 Å². The Morgan fingerprint density at radius 3 is 2.57 bits per heavy atom. The van der Waals surface area contributed by atoms with Crippen molar-refractivity contribution in [2.45, 2.75) is 18.2 Å². The SMILES string of the molecule is CCCSc1ccc(/C(N)=N/O)cc1. The van der Waals surface area contributed by atoms with Gasteiger partial charge in [0, 0.05) is 10.5 Å². The van der Waals surface area contributed by atoms with E-state index >= 15 is 0 Å². The van der Waals surface area contributed by atoms with Gasteiger partial charge in [0.1, 0.15) is 0 Å². The molecule has 0 aromatic heterocycles. The summed E-state index contributed by atoms with van der Waals surface area (Å²) >= 11 is 1.81. The van der Waals surface area contributed by atoms with Gasteiger partial charge in [-0.2, -0.15) is 0 Å². The number of benzene rings is 1. The Bertz CT molecular complexity index is 308. The van der Waals surface area contributed by atoms with Crippen LogP contribution < -0.4 is 5.73 Å². The number of nitrogens with zero attached hydrogens (tertiary/aromatic N) is 1. The van der Waals surface area contributed by atoms with E-state index in [0.717, 1.165) is 17.7 Å². The number of nitrogens with two attached hydrogens (primary N) is 1. The van der Waals surface area contributed by atoms with Gasteiger partial charge in [-0.15, -0.1) is 11.8 Å². The highest BCUT2D eigenvalue weighted by Gasteiger charge is 1.98. The van der Waals surface area contributed by atoms with E-state index in [0.29, 0.717) is 0 Å². The molecule has 4 heteroatoms. The third-order valence-corrected chi connectivity index (χ3v) is 2.95. The summed E-state index contributed by atoms with van der Waals surface area (Å²) in [6, 6.07) is 7.67. The topological polar surface area (TPSA) is 58.6 Å². The lowest BCUT2D eigenvalue weighted by atomic mass is 10.2. The largest absolute Gasteiger partial charge is 0.409 e. The van der Waals surface area contributed by atoms with Crippen LogP contribution in [0.2, 0.25) is 0 Å². The second kappa shape index (κ2) is 5.54. The molecule has 3 nitrogen and oxygen atoms in total. The molecule has 1 aromatic rings. The first-order chi connectivity index (χ1) is 6.77. The normalized spacial score (nSPS) is 11.6. The average molecular weight is 210 g/mol. The summed E-state index contributed by atoms with van der Waals surface area (Å²) in [5.41, 5.74) is 6.18. The summed E-state index contributed by atoms with van der Waals surface area (Å²) in [5.74, 6) is 1.26. The summed E-state index contributed by atoms with van der Waals surface area (Å²) in [5, 5.41) is 11.4. The Morgan fingerprint density at radius 1 is 1.43 bits per heavy atom. The molecule has 1 rings (SSSR count). The van der Waals surface area contributed by atoms with Gasteiger partial charge in [-0.3, -0.25) is 0 Å². The van der Waals surface area contributed by atoms with Crippen LogP contribution in [0.25, 0.3) is 0 Å². The fraction of sp³-hybridized carbons (Fsp3) is 0.300. The van der Waals surface area contributed by atoms with E-state index in [1.54, 1.807) is 11.8 Å². The lowest BCUT2D eigenvalue weighted by molar-refractivity contribution is 0.318. The first kappa shape index (κ1) is 10.9. The molecule has 0 aliphatic heterocycles. The zero-order valence-electron chi connectivity index (χ0n) is 8.10. The van der Waals surface area contributed by atoms with Gasteiger partial charge in [0.2, 0.25) is 0 Å². The summed E-state index contributed by atoms with van der Waals surface area (Å²) in [7, 11) is 0. The van der Waals surface area contributed by atoms with Gasteiger partial charge in [0.25, 0.3) is 0 Å². The highest BCUT2D eigenvalue weighted by atomic mass is 32.2. The molecular weight excluding hydrogens is 196 g/mol. The zero-order valence-corrected chi connectivity index (χ0v) is 8.92. The van der Waals surface area contributed by atoms with Crippen molar-refractivity contribution in [1.82, 2.24) is 0 Å². The van der Waals surface area contributed by atoms with Crippen molar-refractivity contribution < 1.29 is 5.21 Å². The Hall–Kier alpha value is -1.16. The van der Waals surface area contributed by atoms with E-state index in [1.807, 2.05) is 24.3 Å². The molecule has 0 amide bonds. The van der Waals surface area contributed by atoms with Crippen LogP contribution in [0, 0.1) is 0 Å². The minimum Gasteiger partial charge on any atom is -0.409 e. The predicted octanol–water partition coefficient (Wildman–Crippen LogP) is 2.28. The van der Waals surface area contributed by atoms with Crippen LogP contribution in [0.5, 0.6) is 0 Å². The van der Waals surface area contributed by atoms with Crippen molar-refractivity contribution in [2.24, 2.45) is 10.9 Å². The van der Waals surface area contributed by atoms with E-state index in [-0.39, 0.29) is 5.84 Å². The van der Waals surface area contributed by atoms with Crippen molar-refractivity contribution in [1.29, 1.82) is 0 Å². The molecule has 0 heterocycles. The van der Waals surface area contributed by atoms with E-state index in [1.165, 1.54) is 4.90 Å². The predicted molar refractivity (Wildman–Crippen MR) is 60.0 cm³/mol. The first-order valence-electron chi connectivity index (χ1n) is 4.48. The highest BCUT2D eigenvalue weighted by molar-refractivity contribution is 7.99. The van der Waals surface area contributed by atoms with Crippen molar-refractivity contribution in [3.05, 3.63) is 29.8 Å². The minimum atomic E-state index is 0.150. The molecule has 3 N–H and O–H groups in total. The van der Waals surface area contributed by atoms with Crippen LogP contribution >= 0.6 is 11.8 Å². The van der Waals surface area contributed by atoms with E-state index < -0.39 is 0 Å². The molecule has 0 saturated carbocycles. The molecule has 0 atom stereocenters. The molecule has 0 unspecified atom stereocenters. The monoisotopic (exact) mass is 210 g/mol. The third-order valence-electron chi connectivity index (χ3n) is 1.73. The van der Waals surface area contributed by atoms with Gasteiger partial charge in [0.15, 0.2) is 5.84 Å². The maximum Gasteiger partial charge on any atom is 0.170 e. The van der Waals surface area contributed by atoms with E-state index in [4.69, 9.17) is 10.9 Å². The summed E-state index contributed by atoms with van der Waals surface area (Å²) in [4.78, 5) is 1.21. The number of hydrogen-bond donors (Lipinski definition) is 2. The molecule has 0 saturated heterocycles. The van der Waals surface area contributed by atoms with Crippen LogP contribution in [0.15, 0.2) is 34.3 Å². The van der Waals surface area contributed by atoms with Crippen molar-refractivity contribution >= 4 is 17.6 Å². The summed E-state index contributed by atoms with van der Waals surface area (Å²) in [6.45, 7) is 2.15. The van der Waals surface area contributed by atoms with Crippen LogP contribution in [0.3, 0.4) is 0 Å². The van der Waals surface area contributed by atoms with Gasteiger partial charge in [-0.25, -0.2) is 0 Å². The average Bonchev–Trinajstić information content (AvgIpc) is 2.26. The maximum atomic E-state index is 8.46. The fourth-order valence-corrected chi connectivity index (χ4v) is 1.77. The third kappa shape index (κ3) is 2.96. The number of amidine groups is 1. The van der Waals surface area contributed by atoms with Gasteiger partial charge in [-0.1, -0.05) is 24.2 Å². The number of oxime groups is 1. The fourth-order valence-electron chi connectivity index (χ4n) is 1.000. The van der Waals surface area contributed by atoms with Crippen molar-refractivity contribution in [3.63, 3.8) is 0 Å². The quantitative estimate of drug-likeness (QED) is 0.263. The van der Waals surface area contributed by atoms with Gasteiger partial charge in [-0.05, 0) is 24.3 Å². The van der Waals surface area contributed by atoms with Gasteiger partial charge < -0.3 is 10.9 Å². The molecule has 14 heavy (non-hydrogen) atoms. The summed E-state index contributed by atoms with van der Waals surface area (Å²) in [6.07, 6.45) is 1.16. The number of hydrogen-bond acceptors (Lipinski definition) is 3. The Morgan fingerprint density at radius 2 is 2.07 bits per heavy atom. The molecule has 76 valence electrons. The zero-order chi connectivity index (χ0) is 10.4. The lowest BCUT2D eigenvalue weighted by Gasteiger charge is -2.01. The van der Waals surface area contributed by atoms with Crippen LogP contribution in [0.4, 0.5) is 0 Å². The highest BCUT2D eigenvalue weighted by Crippen LogP contribution is 2.18. The smallest absolute Gasteiger partial charge is 0.170 e. The Kier molecular flexibility index (Phi) is 4.32. The van der Waals surface area contributed by atoms with Crippen molar-refractivity contribution in [2.75, 3.05) is 5.75 Å². The molecule has 0 aliphatic carbocycles. The molecule has 0 spiro atoms. The molecule has 1 aromatic carbocycles. The first-order valence-corrected chi connectivity index (χ1v) is 5.47. The second-order valence-electron chi connectivity index (χ2n) is 2.86. The van der Waals surface area contributed by atoms with Gasteiger partial charge >= 0.3 is 0 Å². The molecule has 0 radical (unpaired) electrons. The van der Waals surface area contributed by atoms with Crippen LogP contribution in [-0.2, 0) is 0 Å². The summed E-state index contributed by atoms with van der Waals surface area (Å²) < 4.78 is 0. The standard InChI is InChI=1S/C10H14N2OS/c1-2-7-14-9-5-3-8(4-6-9)10(11)12-13/h3-6,13H,2,7H2,1H3,(H2,11,12). The van der Waals surface area contributed by atoms with Crippen molar-refractivity contribution in [3.8, 4) is 0 Å². The number of rotatable bonds is 4. The lowest BCUT2D eigenvalue weighted by Crippen LogP contribution is -2.12. The minimum absolute atomic E-state index is 0.150. The molecule has 0 bridgehead atoms. The van der Waals surface area contributed by atoms with E-state index in [9.17, 15) is 0 Å². The molecular formula is C10H14N2OS. The number of thioether (sulfide) groups is 1. The molecule has 0 fully saturated rings.